The molecule has 4 aromatic rings. The molecule has 1 aliphatic heterocycles. The molecule has 0 N–H and O–H groups in total. The quantitative estimate of drug-likeness (QED) is 0.429. The second-order valence-electron chi connectivity index (χ2n) is 8.23. The Morgan fingerprint density at radius 2 is 1.62 bits per heavy atom. The minimum Gasteiger partial charge on any atom is -0.450 e. The van der Waals surface area contributed by atoms with Crippen LogP contribution in [0.1, 0.15) is 51.3 Å². The fourth-order valence-electron chi connectivity index (χ4n) is 4.37. The molecule has 3 aromatic carbocycles. The molecular formula is C27H22FNO3. The van der Waals surface area contributed by atoms with Gasteiger partial charge in [-0.2, -0.15) is 0 Å². The summed E-state index contributed by atoms with van der Waals surface area (Å²) in [5.74, 6) is -0.596. The highest BCUT2D eigenvalue weighted by Crippen LogP contribution is 2.39. The number of halogens is 1. The summed E-state index contributed by atoms with van der Waals surface area (Å²) >= 11 is 0. The highest BCUT2D eigenvalue weighted by atomic mass is 19.1. The Hall–Kier alpha value is -3.73. The number of rotatable bonds is 4. The molecule has 0 spiro atoms. The van der Waals surface area contributed by atoms with Crippen LogP contribution in [0.15, 0.2) is 75.9 Å². The lowest BCUT2D eigenvalue weighted by Crippen LogP contribution is -2.29. The van der Waals surface area contributed by atoms with E-state index >= 15 is 0 Å². The monoisotopic (exact) mass is 427 g/mol. The Balaban J connectivity index is 1.70. The molecule has 5 rings (SSSR count). The molecule has 0 unspecified atom stereocenters. The number of hydrogen-bond donors (Lipinski definition) is 0. The SMILES string of the molecule is CCc1ccc([C@@H]2c3c(oc4ccc(C)cc4c3=O)C(=O)N2Cc2ccc(F)cc2)cc1. The average molecular weight is 427 g/mol. The van der Waals surface area contributed by atoms with Gasteiger partial charge in [0.15, 0.2) is 5.43 Å². The Morgan fingerprint density at radius 3 is 2.31 bits per heavy atom. The second kappa shape index (κ2) is 7.75. The molecule has 1 amide bonds. The summed E-state index contributed by atoms with van der Waals surface area (Å²) in [4.78, 5) is 28.7. The molecule has 1 atom stereocenters. The second-order valence-corrected chi connectivity index (χ2v) is 8.23. The molecule has 32 heavy (non-hydrogen) atoms. The lowest BCUT2D eigenvalue weighted by Gasteiger charge is -2.25. The van der Waals surface area contributed by atoms with Crippen LogP contribution in [0.5, 0.6) is 0 Å². The first kappa shape index (κ1) is 20.2. The zero-order valence-electron chi connectivity index (χ0n) is 17.9. The van der Waals surface area contributed by atoms with Gasteiger partial charge in [-0.05, 0) is 54.3 Å². The van der Waals surface area contributed by atoms with E-state index in [0.717, 1.165) is 23.1 Å². The molecule has 4 nitrogen and oxygen atoms in total. The number of carbonyl (C=O) groups excluding carboxylic acids is 1. The van der Waals surface area contributed by atoms with Gasteiger partial charge in [0.2, 0.25) is 5.76 Å². The van der Waals surface area contributed by atoms with Crippen molar-refractivity contribution in [2.45, 2.75) is 32.9 Å². The van der Waals surface area contributed by atoms with Crippen LogP contribution in [0, 0.1) is 12.7 Å². The summed E-state index contributed by atoms with van der Waals surface area (Å²) in [6.07, 6.45) is 0.895. The number of carbonyl (C=O) groups is 1. The van der Waals surface area contributed by atoms with Crippen molar-refractivity contribution >= 4 is 16.9 Å². The van der Waals surface area contributed by atoms with Crippen molar-refractivity contribution in [3.05, 3.63) is 116 Å². The van der Waals surface area contributed by atoms with Crippen molar-refractivity contribution in [3.63, 3.8) is 0 Å². The third-order valence-corrected chi connectivity index (χ3v) is 6.09. The van der Waals surface area contributed by atoms with Gasteiger partial charge in [-0.25, -0.2) is 4.39 Å². The molecule has 1 aliphatic rings. The zero-order valence-corrected chi connectivity index (χ0v) is 17.9. The van der Waals surface area contributed by atoms with Crippen LogP contribution in [0.25, 0.3) is 11.0 Å². The Labute approximate surface area is 184 Å². The molecule has 0 aliphatic carbocycles. The van der Waals surface area contributed by atoms with Crippen LogP contribution in [0.4, 0.5) is 4.39 Å². The summed E-state index contributed by atoms with van der Waals surface area (Å²) in [5, 5.41) is 0.468. The zero-order chi connectivity index (χ0) is 22.4. The summed E-state index contributed by atoms with van der Waals surface area (Å²) in [6, 6.07) is 18.8. The van der Waals surface area contributed by atoms with Gasteiger partial charge in [-0.15, -0.1) is 0 Å². The predicted molar refractivity (Wildman–Crippen MR) is 121 cm³/mol. The van der Waals surface area contributed by atoms with Crippen molar-refractivity contribution in [2.75, 3.05) is 0 Å². The molecular weight excluding hydrogens is 405 g/mol. The average Bonchev–Trinajstić information content (AvgIpc) is 3.08. The Kier molecular flexibility index (Phi) is 4.89. The number of amides is 1. The third-order valence-electron chi connectivity index (χ3n) is 6.09. The molecule has 2 heterocycles. The van der Waals surface area contributed by atoms with Crippen LogP contribution < -0.4 is 5.43 Å². The largest absolute Gasteiger partial charge is 0.450 e. The fraction of sp³-hybridized carbons (Fsp3) is 0.185. The first-order chi connectivity index (χ1) is 15.5. The molecule has 0 fully saturated rings. The summed E-state index contributed by atoms with van der Waals surface area (Å²) in [6.45, 7) is 4.23. The Bertz CT molecular complexity index is 1390. The maximum Gasteiger partial charge on any atom is 0.291 e. The van der Waals surface area contributed by atoms with Crippen molar-refractivity contribution in [1.82, 2.24) is 4.90 Å². The smallest absolute Gasteiger partial charge is 0.291 e. The fourth-order valence-corrected chi connectivity index (χ4v) is 4.37. The van der Waals surface area contributed by atoms with E-state index < -0.39 is 6.04 Å². The highest BCUT2D eigenvalue weighted by molar-refractivity contribution is 5.99. The molecule has 0 radical (unpaired) electrons. The van der Waals surface area contributed by atoms with Gasteiger partial charge in [-0.1, -0.05) is 55.0 Å². The van der Waals surface area contributed by atoms with Crippen LogP contribution >= 0.6 is 0 Å². The number of aryl methyl sites for hydroxylation is 2. The molecule has 5 heteroatoms. The maximum atomic E-state index is 13.6. The summed E-state index contributed by atoms with van der Waals surface area (Å²) < 4.78 is 19.4. The molecule has 1 aromatic heterocycles. The molecule has 160 valence electrons. The normalized spacial score (nSPS) is 15.4. The first-order valence-corrected chi connectivity index (χ1v) is 10.7. The van der Waals surface area contributed by atoms with E-state index in [0.29, 0.717) is 16.5 Å². The Morgan fingerprint density at radius 1 is 0.938 bits per heavy atom. The van der Waals surface area contributed by atoms with E-state index in [9.17, 15) is 14.0 Å². The van der Waals surface area contributed by atoms with E-state index in [2.05, 4.69) is 6.92 Å². The van der Waals surface area contributed by atoms with Gasteiger partial charge < -0.3 is 9.32 Å². The number of fused-ring (bicyclic) bond motifs is 2. The van der Waals surface area contributed by atoms with Gasteiger partial charge in [0.05, 0.1) is 17.0 Å². The molecule has 0 saturated heterocycles. The van der Waals surface area contributed by atoms with Crippen molar-refractivity contribution < 1.29 is 13.6 Å². The van der Waals surface area contributed by atoms with E-state index in [1.165, 1.54) is 17.7 Å². The molecule has 0 bridgehead atoms. The van der Waals surface area contributed by atoms with Gasteiger partial charge in [0, 0.05) is 6.54 Å². The van der Waals surface area contributed by atoms with E-state index in [4.69, 9.17) is 4.42 Å². The maximum absolute atomic E-state index is 13.6. The van der Waals surface area contributed by atoms with Crippen LogP contribution in [0.2, 0.25) is 0 Å². The summed E-state index contributed by atoms with van der Waals surface area (Å²) in [5.41, 5.74) is 4.30. The third kappa shape index (κ3) is 3.30. The first-order valence-electron chi connectivity index (χ1n) is 10.7. The number of hydrogen-bond acceptors (Lipinski definition) is 3. The predicted octanol–water partition coefficient (Wildman–Crippen LogP) is 5.55. The standard InChI is InChI=1S/C27H22FNO3/c1-3-17-5-9-19(10-6-17)24-23-25(30)21-14-16(2)4-13-22(21)32-26(23)27(31)29(24)15-18-7-11-20(28)12-8-18/h4-14,24H,3,15H2,1-2H3/t24-/m1/s1. The van der Waals surface area contributed by atoms with Gasteiger partial charge in [0.25, 0.3) is 5.91 Å². The number of benzene rings is 3. The summed E-state index contributed by atoms with van der Waals surface area (Å²) in [7, 11) is 0. The highest BCUT2D eigenvalue weighted by Gasteiger charge is 2.42. The van der Waals surface area contributed by atoms with Gasteiger partial charge in [-0.3, -0.25) is 9.59 Å². The van der Waals surface area contributed by atoms with Gasteiger partial charge >= 0.3 is 0 Å². The lowest BCUT2D eigenvalue weighted by atomic mass is 9.96. The van der Waals surface area contributed by atoms with Crippen molar-refractivity contribution in [1.29, 1.82) is 0 Å². The van der Waals surface area contributed by atoms with Crippen molar-refractivity contribution in [2.24, 2.45) is 0 Å². The van der Waals surface area contributed by atoms with E-state index in [1.54, 1.807) is 29.2 Å². The lowest BCUT2D eigenvalue weighted by molar-refractivity contribution is 0.0714. The minimum absolute atomic E-state index is 0.0815. The van der Waals surface area contributed by atoms with E-state index in [-0.39, 0.29) is 29.5 Å². The topological polar surface area (TPSA) is 50.5 Å². The van der Waals surface area contributed by atoms with E-state index in [1.807, 2.05) is 37.3 Å². The van der Waals surface area contributed by atoms with Crippen molar-refractivity contribution in [3.8, 4) is 0 Å². The van der Waals surface area contributed by atoms with Gasteiger partial charge in [0.1, 0.15) is 11.4 Å². The number of nitrogens with zero attached hydrogens (tertiary/aromatic N) is 1. The molecule has 0 saturated carbocycles. The van der Waals surface area contributed by atoms with Crippen LogP contribution in [-0.4, -0.2) is 10.8 Å². The minimum atomic E-state index is -0.574. The van der Waals surface area contributed by atoms with Crippen LogP contribution in [0.3, 0.4) is 0 Å². The van der Waals surface area contributed by atoms with Crippen LogP contribution in [-0.2, 0) is 13.0 Å².